The first kappa shape index (κ1) is 14.9. The van der Waals surface area contributed by atoms with Gasteiger partial charge in [-0.25, -0.2) is 18.4 Å². The van der Waals surface area contributed by atoms with Crippen LogP contribution in [0.1, 0.15) is 25.5 Å². The lowest BCUT2D eigenvalue weighted by molar-refractivity contribution is 0.0985. The van der Waals surface area contributed by atoms with Crippen molar-refractivity contribution in [2.24, 2.45) is 0 Å². The van der Waals surface area contributed by atoms with E-state index < -0.39 is 14.6 Å². The molecule has 1 aliphatic heterocycles. The standard InChI is InChI=1S/C15H20N4O3S/c1-11-9-22-6-5-18(11)13-7-12(15(3-4-15)23(2,20)21)19-10-16-8-14(19)17-13/h7-8,10-11H,3-6,9H2,1-2H3/t11-/m1/s1. The minimum absolute atomic E-state index is 0.211. The van der Waals surface area contributed by atoms with E-state index >= 15 is 0 Å². The summed E-state index contributed by atoms with van der Waals surface area (Å²) in [6.07, 6.45) is 5.95. The molecule has 0 spiro atoms. The maximum absolute atomic E-state index is 12.3. The molecule has 2 fully saturated rings. The number of nitrogens with zero attached hydrogens (tertiary/aromatic N) is 4. The van der Waals surface area contributed by atoms with Gasteiger partial charge in [-0.05, 0) is 19.8 Å². The van der Waals surface area contributed by atoms with Crippen LogP contribution in [-0.4, -0.2) is 54.8 Å². The van der Waals surface area contributed by atoms with Crippen molar-refractivity contribution in [3.05, 3.63) is 24.3 Å². The number of imidazole rings is 1. The highest BCUT2D eigenvalue weighted by Crippen LogP contribution is 2.52. The molecule has 3 heterocycles. The number of anilines is 1. The van der Waals surface area contributed by atoms with Crippen molar-refractivity contribution in [3.8, 4) is 0 Å². The van der Waals surface area contributed by atoms with Gasteiger partial charge in [0.1, 0.15) is 16.9 Å². The number of morpholine rings is 1. The van der Waals surface area contributed by atoms with Gasteiger partial charge in [-0.15, -0.1) is 0 Å². The maximum Gasteiger partial charge on any atom is 0.159 e. The van der Waals surface area contributed by atoms with E-state index in [1.165, 1.54) is 6.26 Å². The number of ether oxygens (including phenoxy) is 1. The zero-order valence-corrected chi connectivity index (χ0v) is 14.1. The molecule has 1 atom stereocenters. The van der Waals surface area contributed by atoms with E-state index in [0.717, 1.165) is 18.1 Å². The van der Waals surface area contributed by atoms with E-state index in [2.05, 4.69) is 21.8 Å². The minimum Gasteiger partial charge on any atom is -0.377 e. The molecule has 8 heteroatoms. The van der Waals surface area contributed by atoms with Gasteiger partial charge in [-0.3, -0.25) is 4.40 Å². The summed E-state index contributed by atoms with van der Waals surface area (Å²) < 4.78 is 31.2. The Labute approximate surface area is 135 Å². The Hall–Kier alpha value is -1.67. The fraction of sp³-hybridized carbons (Fsp3) is 0.600. The van der Waals surface area contributed by atoms with Crippen LogP contribution in [0.2, 0.25) is 0 Å². The first-order valence-corrected chi connectivity index (χ1v) is 9.69. The zero-order chi connectivity index (χ0) is 16.2. The van der Waals surface area contributed by atoms with Crippen LogP contribution in [-0.2, 0) is 19.3 Å². The third kappa shape index (κ3) is 2.23. The van der Waals surface area contributed by atoms with Crippen molar-refractivity contribution < 1.29 is 13.2 Å². The Morgan fingerprint density at radius 2 is 2.17 bits per heavy atom. The van der Waals surface area contributed by atoms with Gasteiger partial charge in [0.25, 0.3) is 0 Å². The molecule has 2 aromatic heterocycles. The second kappa shape index (κ2) is 4.91. The third-order valence-corrected chi connectivity index (χ3v) is 6.95. The van der Waals surface area contributed by atoms with E-state index in [4.69, 9.17) is 4.74 Å². The van der Waals surface area contributed by atoms with Crippen LogP contribution in [0.4, 0.5) is 5.82 Å². The summed E-state index contributed by atoms with van der Waals surface area (Å²) in [6, 6.07) is 2.13. The summed E-state index contributed by atoms with van der Waals surface area (Å²) in [6.45, 7) is 4.15. The van der Waals surface area contributed by atoms with Gasteiger partial charge in [0.15, 0.2) is 15.5 Å². The quantitative estimate of drug-likeness (QED) is 0.832. The van der Waals surface area contributed by atoms with Crippen molar-refractivity contribution in [2.75, 3.05) is 30.9 Å². The third-order valence-electron chi connectivity index (χ3n) is 4.92. The molecule has 0 radical (unpaired) electrons. The zero-order valence-electron chi connectivity index (χ0n) is 13.3. The van der Waals surface area contributed by atoms with E-state index in [-0.39, 0.29) is 6.04 Å². The SMILES string of the molecule is C[C@@H]1COCCN1c1cc(C2(S(C)(=O)=O)CC2)n2cncc2n1. The number of aromatic nitrogens is 3. The molecule has 0 N–H and O–H groups in total. The topological polar surface area (TPSA) is 76.8 Å². The average molecular weight is 336 g/mol. The van der Waals surface area contributed by atoms with Gasteiger partial charge in [-0.1, -0.05) is 0 Å². The van der Waals surface area contributed by atoms with E-state index in [9.17, 15) is 8.42 Å². The summed E-state index contributed by atoms with van der Waals surface area (Å²) >= 11 is 0. The summed E-state index contributed by atoms with van der Waals surface area (Å²) in [5.41, 5.74) is 1.46. The molecule has 0 amide bonds. The molecule has 0 bridgehead atoms. The van der Waals surface area contributed by atoms with Crippen LogP contribution in [0, 0.1) is 0 Å². The molecule has 4 rings (SSSR count). The normalized spacial score (nSPS) is 24.1. The molecule has 7 nitrogen and oxygen atoms in total. The Bertz CT molecular complexity index is 857. The van der Waals surface area contributed by atoms with Gasteiger partial charge in [0.05, 0.1) is 31.1 Å². The Balaban J connectivity index is 1.89. The molecular formula is C15H20N4O3S. The van der Waals surface area contributed by atoms with Gasteiger partial charge in [0.2, 0.25) is 0 Å². The highest BCUT2D eigenvalue weighted by Gasteiger charge is 2.55. The lowest BCUT2D eigenvalue weighted by atomic mass is 10.2. The van der Waals surface area contributed by atoms with Crippen LogP contribution in [0.25, 0.3) is 5.65 Å². The Morgan fingerprint density at radius 3 is 2.83 bits per heavy atom. The van der Waals surface area contributed by atoms with Crippen LogP contribution in [0.5, 0.6) is 0 Å². The molecule has 1 saturated carbocycles. The first-order valence-electron chi connectivity index (χ1n) is 7.80. The highest BCUT2D eigenvalue weighted by molar-refractivity contribution is 7.91. The molecule has 23 heavy (non-hydrogen) atoms. The number of hydrogen-bond acceptors (Lipinski definition) is 6. The molecule has 1 aliphatic carbocycles. The van der Waals surface area contributed by atoms with Crippen LogP contribution in [0.3, 0.4) is 0 Å². The van der Waals surface area contributed by atoms with Crippen molar-refractivity contribution in [3.63, 3.8) is 0 Å². The minimum atomic E-state index is -3.19. The highest BCUT2D eigenvalue weighted by atomic mass is 32.2. The molecule has 124 valence electrons. The van der Waals surface area contributed by atoms with Crippen molar-refractivity contribution >= 4 is 21.3 Å². The van der Waals surface area contributed by atoms with Gasteiger partial charge < -0.3 is 9.64 Å². The molecule has 0 unspecified atom stereocenters. The lowest BCUT2D eigenvalue weighted by Crippen LogP contribution is -2.44. The van der Waals surface area contributed by atoms with Crippen LogP contribution in [0.15, 0.2) is 18.6 Å². The molecular weight excluding hydrogens is 316 g/mol. The number of sulfone groups is 1. The van der Waals surface area contributed by atoms with Crippen LogP contribution < -0.4 is 4.90 Å². The van der Waals surface area contributed by atoms with Gasteiger partial charge in [-0.2, -0.15) is 0 Å². The maximum atomic E-state index is 12.3. The van der Waals surface area contributed by atoms with E-state index in [0.29, 0.717) is 31.7 Å². The fourth-order valence-electron chi connectivity index (χ4n) is 3.39. The summed E-state index contributed by atoms with van der Waals surface area (Å²) in [5.74, 6) is 0.804. The molecule has 1 saturated heterocycles. The summed E-state index contributed by atoms with van der Waals surface area (Å²) in [7, 11) is -3.19. The van der Waals surface area contributed by atoms with Gasteiger partial charge in [0, 0.05) is 18.9 Å². The largest absolute Gasteiger partial charge is 0.377 e. The van der Waals surface area contributed by atoms with Crippen molar-refractivity contribution in [2.45, 2.75) is 30.6 Å². The van der Waals surface area contributed by atoms with E-state index in [1.54, 1.807) is 12.5 Å². The van der Waals surface area contributed by atoms with Crippen molar-refractivity contribution in [1.82, 2.24) is 14.4 Å². The second-order valence-electron chi connectivity index (χ2n) is 6.51. The summed E-state index contributed by atoms with van der Waals surface area (Å²) in [4.78, 5) is 11.0. The first-order chi connectivity index (χ1) is 10.9. The fourth-order valence-corrected chi connectivity index (χ4v) is 4.77. The van der Waals surface area contributed by atoms with Crippen molar-refractivity contribution in [1.29, 1.82) is 0 Å². The monoisotopic (exact) mass is 336 g/mol. The van der Waals surface area contributed by atoms with Crippen LogP contribution >= 0.6 is 0 Å². The smallest absolute Gasteiger partial charge is 0.159 e. The number of hydrogen-bond donors (Lipinski definition) is 0. The Kier molecular flexibility index (Phi) is 3.18. The number of fused-ring (bicyclic) bond motifs is 1. The van der Waals surface area contributed by atoms with E-state index in [1.807, 2.05) is 10.5 Å². The predicted molar refractivity (Wildman–Crippen MR) is 86.4 cm³/mol. The lowest BCUT2D eigenvalue weighted by Gasteiger charge is -2.34. The summed E-state index contributed by atoms with van der Waals surface area (Å²) in [5, 5.41) is 0. The molecule has 0 aromatic carbocycles. The predicted octanol–water partition coefficient (Wildman–Crippen LogP) is 0.988. The number of rotatable bonds is 3. The second-order valence-corrected chi connectivity index (χ2v) is 8.83. The molecule has 2 aromatic rings. The van der Waals surface area contributed by atoms with Gasteiger partial charge >= 0.3 is 0 Å². The Morgan fingerprint density at radius 1 is 1.39 bits per heavy atom. The average Bonchev–Trinajstić information content (AvgIpc) is 3.19. The molecule has 2 aliphatic rings.